The maximum Gasteiger partial charge on any atom is 0.248 e. The molecule has 3 aromatic rings. The minimum Gasteiger partial charge on any atom is -0.366 e. The van der Waals surface area contributed by atoms with E-state index in [2.05, 4.69) is 74.2 Å². The van der Waals surface area contributed by atoms with E-state index in [-0.39, 0.29) is 5.91 Å². The molecule has 170 valence electrons. The van der Waals surface area contributed by atoms with Crippen molar-refractivity contribution in [3.63, 3.8) is 0 Å². The Bertz CT molecular complexity index is 1130. The molecule has 0 spiro atoms. The van der Waals surface area contributed by atoms with Gasteiger partial charge in [0.15, 0.2) is 0 Å². The van der Waals surface area contributed by atoms with Gasteiger partial charge in [-0.3, -0.25) is 9.78 Å². The quantitative estimate of drug-likeness (QED) is 0.572. The fourth-order valence-corrected chi connectivity index (χ4v) is 5.38. The van der Waals surface area contributed by atoms with Crippen LogP contribution in [0.4, 0.5) is 0 Å². The number of likely N-dealkylation sites (tertiary alicyclic amines) is 1. The number of hydrogen-bond donors (Lipinski definition) is 1. The van der Waals surface area contributed by atoms with E-state index in [1.165, 1.54) is 22.3 Å². The van der Waals surface area contributed by atoms with E-state index in [1.54, 1.807) is 0 Å². The van der Waals surface area contributed by atoms with Crippen molar-refractivity contribution in [2.24, 2.45) is 5.73 Å². The Morgan fingerprint density at radius 2 is 1.66 bits per heavy atom. The van der Waals surface area contributed by atoms with Gasteiger partial charge in [-0.15, -0.1) is 0 Å². The Hall–Kier alpha value is -2.66. The Morgan fingerprint density at radius 1 is 1.03 bits per heavy atom. The second-order valence-corrected chi connectivity index (χ2v) is 9.88. The maximum atomic E-state index is 12.0. The first-order valence-electron chi connectivity index (χ1n) is 11.8. The van der Waals surface area contributed by atoms with E-state index in [0.717, 1.165) is 42.7 Å². The number of pyridine rings is 1. The van der Waals surface area contributed by atoms with E-state index in [9.17, 15) is 4.79 Å². The van der Waals surface area contributed by atoms with Gasteiger partial charge in [-0.1, -0.05) is 13.8 Å². The Morgan fingerprint density at radius 3 is 2.19 bits per heavy atom. The molecule has 2 N–H and O–H groups in total. The summed E-state index contributed by atoms with van der Waals surface area (Å²) >= 11 is 0. The summed E-state index contributed by atoms with van der Waals surface area (Å²) in [6, 6.07) is 11.4. The van der Waals surface area contributed by atoms with Crippen LogP contribution >= 0.6 is 0 Å². The Balaban J connectivity index is 1.99. The lowest BCUT2D eigenvalue weighted by Crippen LogP contribution is -2.39. The minimum absolute atomic E-state index is 0.307. The van der Waals surface area contributed by atoms with Gasteiger partial charge in [0, 0.05) is 58.6 Å². The number of nitrogens with zero attached hydrogens (tertiary/aromatic N) is 3. The molecule has 0 bridgehead atoms. The zero-order chi connectivity index (χ0) is 23.2. The van der Waals surface area contributed by atoms with E-state index >= 15 is 0 Å². The van der Waals surface area contributed by atoms with Crippen LogP contribution in [-0.2, 0) is 0 Å². The van der Waals surface area contributed by atoms with E-state index in [4.69, 9.17) is 5.73 Å². The van der Waals surface area contributed by atoms with Crippen molar-refractivity contribution in [2.45, 2.75) is 72.4 Å². The average Bonchev–Trinajstić information content (AvgIpc) is 3.07. The summed E-state index contributed by atoms with van der Waals surface area (Å²) in [6.45, 7) is 15.4. The molecule has 2 aromatic heterocycles. The predicted molar refractivity (Wildman–Crippen MR) is 132 cm³/mol. The van der Waals surface area contributed by atoms with Crippen LogP contribution in [0, 0.1) is 13.8 Å². The van der Waals surface area contributed by atoms with Gasteiger partial charge in [0.1, 0.15) is 0 Å². The van der Waals surface area contributed by atoms with E-state index < -0.39 is 0 Å². The molecule has 1 fully saturated rings. The summed E-state index contributed by atoms with van der Waals surface area (Å²) in [4.78, 5) is 19.2. The lowest BCUT2D eigenvalue weighted by atomic mass is 9.94. The lowest BCUT2D eigenvalue weighted by molar-refractivity contribution is 0.100. The van der Waals surface area contributed by atoms with Crippen LogP contribution < -0.4 is 5.73 Å². The second kappa shape index (κ2) is 8.70. The van der Waals surface area contributed by atoms with Crippen LogP contribution in [0.25, 0.3) is 22.2 Å². The summed E-state index contributed by atoms with van der Waals surface area (Å²) in [5, 5.41) is 1.14. The number of carbonyl (C=O) groups is 1. The van der Waals surface area contributed by atoms with Crippen molar-refractivity contribution < 1.29 is 4.79 Å². The van der Waals surface area contributed by atoms with E-state index in [0.29, 0.717) is 23.6 Å². The molecule has 1 saturated heterocycles. The fraction of sp³-hybridized carbons (Fsp3) is 0.481. The number of primary amides is 1. The molecule has 1 aliphatic heterocycles. The molecule has 32 heavy (non-hydrogen) atoms. The van der Waals surface area contributed by atoms with Crippen LogP contribution in [-0.4, -0.2) is 39.5 Å². The average molecular weight is 433 g/mol. The number of piperidine rings is 1. The first kappa shape index (κ1) is 22.5. The molecule has 1 amide bonds. The third kappa shape index (κ3) is 4.06. The molecule has 1 aliphatic rings. The number of fused-ring (bicyclic) bond motifs is 1. The fourth-order valence-electron chi connectivity index (χ4n) is 5.38. The highest BCUT2D eigenvalue weighted by Gasteiger charge is 2.29. The van der Waals surface area contributed by atoms with E-state index in [1.807, 2.05) is 12.1 Å². The number of benzene rings is 1. The normalized spacial score (nSPS) is 15.9. The minimum atomic E-state index is -0.378. The molecule has 0 unspecified atom stereocenters. The summed E-state index contributed by atoms with van der Waals surface area (Å²) in [6.07, 6.45) is 2.24. The molecule has 4 rings (SSSR count). The Labute approximate surface area is 191 Å². The molecule has 3 heterocycles. The number of rotatable bonds is 5. The third-order valence-electron chi connectivity index (χ3n) is 6.85. The van der Waals surface area contributed by atoms with Gasteiger partial charge in [0.25, 0.3) is 0 Å². The second-order valence-electron chi connectivity index (χ2n) is 9.88. The molecule has 0 aliphatic carbocycles. The van der Waals surface area contributed by atoms with Crippen molar-refractivity contribution in [1.82, 2.24) is 14.5 Å². The molecular weight excluding hydrogens is 396 g/mol. The number of aryl methyl sites for hydroxylation is 2. The van der Waals surface area contributed by atoms with Gasteiger partial charge in [0.2, 0.25) is 5.91 Å². The first-order chi connectivity index (χ1) is 15.2. The maximum absolute atomic E-state index is 12.0. The summed E-state index contributed by atoms with van der Waals surface area (Å²) in [7, 11) is 0. The van der Waals surface area contributed by atoms with Gasteiger partial charge in [-0.2, -0.15) is 0 Å². The molecule has 1 aromatic carbocycles. The highest BCUT2D eigenvalue weighted by Crippen LogP contribution is 2.43. The zero-order valence-corrected chi connectivity index (χ0v) is 20.3. The number of nitrogens with two attached hydrogens (primary N) is 1. The van der Waals surface area contributed by atoms with Crippen molar-refractivity contribution in [3.05, 3.63) is 52.8 Å². The van der Waals surface area contributed by atoms with Crippen molar-refractivity contribution in [1.29, 1.82) is 0 Å². The number of carbonyl (C=O) groups excluding carboxylic acids is 1. The Kier molecular flexibility index (Phi) is 6.13. The first-order valence-corrected chi connectivity index (χ1v) is 11.8. The largest absolute Gasteiger partial charge is 0.366 e. The highest BCUT2D eigenvalue weighted by atomic mass is 16.1. The van der Waals surface area contributed by atoms with Crippen LogP contribution in [0.1, 0.15) is 79.8 Å². The van der Waals surface area contributed by atoms with Crippen molar-refractivity contribution in [3.8, 4) is 11.3 Å². The summed E-state index contributed by atoms with van der Waals surface area (Å²) in [5.41, 5.74) is 13.2. The number of hydrogen-bond acceptors (Lipinski definition) is 3. The smallest absolute Gasteiger partial charge is 0.248 e. The molecule has 0 radical (unpaired) electrons. The summed E-state index contributed by atoms with van der Waals surface area (Å²) < 4.78 is 2.56. The van der Waals surface area contributed by atoms with Gasteiger partial charge >= 0.3 is 0 Å². The van der Waals surface area contributed by atoms with Gasteiger partial charge in [-0.25, -0.2) is 0 Å². The number of amides is 1. The lowest BCUT2D eigenvalue weighted by Gasteiger charge is -2.36. The molecular formula is C27H36N4O. The topological polar surface area (TPSA) is 64.2 Å². The number of aromatic nitrogens is 2. The molecule has 0 saturated carbocycles. The van der Waals surface area contributed by atoms with Gasteiger partial charge < -0.3 is 15.2 Å². The molecule has 0 atom stereocenters. The monoisotopic (exact) mass is 432 g/mol. The van der Waals surface area contributed by atoms with Crippen LogP contribution in [0.3, 0.4) is 0 Å². The predicted octanol–water partition coefficient (Wildman–Crippen LogP) is 5.59. The van der Waals surface area contributed by atoms with Gasteiger partial charge in [-0.05, 0) is 82.3 Å². The summed E-state index contributed by atoms with van der Waals surface area (Å²) in [5.74, 6) is -0.0712. The van der Waals surface area contributed by atoms with Crippen molar-refractivity contribution >= 4 is 16.8 Å². The van der Waals surface area contributed by atoms with Crippen LogP contribution in [0.2, 0.25) is 0 Å². The molecule has 5 heteroatoms. The van der Waals surface area contributed by atoms with Crippen LogP contribution in [0.15, 0.2) is 30.3 Å². The highest BCUT2D eigenvalue weighted by molar-refractivity contribution is 6.00. The zero-order valence-electron chi connectivity index (χ0n) is 20.3. The molecule has 5 nitrogen and oxygen atoms in total. The van der Waals surface area contributed by atoms with Gasteiger partial charge in [0.05, 0.1) is 5.69 Å². The third-order valence-corrected chi connectivity index (χ3v) is 6.85. The standard InChI is InChI=1S/C27H36N4O/c1-16(2)25-23-15-20(27(28)32)7-8-24(23)31(22-9-11-30(12-10-22)17(3)4)26(25)21-13-18(5)29-19(6)14-21/h7-8,13-17,22H,9-12H2,1-6H3,(H2,28,32). The van der Waals surface area contributed by atoms with Crippen molar-refractivity contribution in [2.75, 3.05) is 13.1 Å². The van der Waals surface area contributed by atoms with Crippen LogP contribution in [0.5, 0.6) is 0 Å². The SMILES string of the molecule is Cc1cc(-c2c(C(C)C)c3cc(C(N)=O)ccc3n2C2CCN(C(C)C)CC2)cc(C)n1.